The smallest absolute Gasteiger partial charge is 0.257 e. The first kappa shape index (κ1) is 13.6. The Morgan fingerprint density at radius 1 is 1.11 bits per heavy atom. The van der Waals surface area contributed by atoms with Gasteiger partial charge in [0.2, 0.25) is 0 Å². The van der Waals surface area contributed by atoms with Gasteiger partial charge in [0.15, 0.2) is 0 Å². The molecule has 0 spiro atoms. The molecule has 2 aromatic rings. The Morgan fingerprint density at radius 2 is 1.84 bits per heavy atom. The number of carbonyl (C=O) groups excluding carboxylic acids is 1. The van der Waals surface area contributed by atoms with Crippen LogP contribution >= 0.6 is 15.9 Å². The molecule has 0 heterocycles. The number of halogens is 1. The quantitative estimate of drug-likeness (QED) is 0.825. The van der Waals surface area contributed by atoms with E-state index in [1.165, 1.54) is 0 Å². The third-order valence-corrected chi connectivity index (χ3v) is 3.21. The van der Waals surface area contributed by atoms with E-state index < -0.39 is 0 Å². The molecule has 0 fully saturated rings. The molecule has 0 aromatic heterocycles. The summed E-state index contributed by atoms with van der Waals surface area (Å²) in [5.41, 5.74) is 9.70. The molecular formula is C15H15BrN2O. The van der Waals surface area contributed by atoms with E-state index in [0.29, 0.717) is 11.3 Å². The second-order valence-corrected chi connectivity index (χ2v) is 5.48. The van der Waals surface area contributed by atoms with Crippen molar-refractivity contribution in [2.24, 2.45) is 0 Å². The fourth-order valence-electron chi connectivity index (χ4n) is 1.90. The van der Waals surface area contributed by atoms with Crippen LogP contribution in [0.25, 0.3) is 0 Å². The van der Waals surface area contributed by atoms with Crippen LogP contribution in [0.1, 0.15) is 21.5 Å². The van der Waals surface area contributed by atoms with Crippen molar-refractivity contribution < 1.29 is 4.79 Å². The first-order chi connectivity index (χ1) is 8.95. The summed E-state index contributed by atoms with van der Waals surface area (Å²) in [7, 11) is 0. The number of benzene rings is 2. The average Bonchev–Trinajstić information content (AvgIpc) is 2.26. The maximum Gasteiger partial charge on any atom is 0.257 e. The summed E-state index contributed by atoms with van der Waals surface area (Å²) in [6.07, 6.45) is 0. The second kappa shape index (κ2) is 5.45. The molecule has 0 bridgehead atoms. The largest absolute Gasteiger partial charge is 0.398 e. The van der Waals surface area contributed by atoms with Gasteiger partial charge in [-0.15, -0.1) is 0 Å². The molecule has 1 amide bonds. The minimum atomic E-state index is -0.199. The van der Waals surface area contributed by atoms with Crippen LogP contribution in [0.3, 0.4) is 0 Å². The van der Waals surface area contributed by atoms with E-state index in [9.17, 15) is 4.79 Å². The third-order valence-electron chi connectivity index (χ3n) is 2.75. The van der Waals surface area contributed by atoms with Gasteiger partial charge in [-0.05, 0) is 55.3 Å². The average molecular weight is 319 g/mol. The molecule has 0 saturated heterocycles. The standard InChI is InChI=1S/C15H15BrN2O/c1-9-3-4-13(14(17)7-9)15(19)18-12-6-10(2)5-11(16)8-12/h3-8H,17H2,1-2H3,(H,18,19). The lowest BCUT2D eigenvalue weighted by Crippen LogP contribution is -2.14. The number of nitrogen functional groups attached to an aromatic ring is 1. The molecule has 0 radical (unpaired) electrons. The number of nitrogens with one attached hydrogen (secondary N) is 1. The summed E-state index contributed by atoms with van der Waals surface area (Å²) in [5, 5.41) is 2.85. The Kier molecular flexibility index (Phi) is 3.90. The topological polar surface area (TPSA) is 55.1 Å². The van der Waals surface area contributed by atoms with Gasteiger partial charge in [-0.1, -0.05) is 22.0 Å². The lowest BCUT2D eigenvalue weighted by atomic mass is 10.1. The van der Waals surface area contributed by atoms with Crippen molar-refractivity contribution in [1.82, 2.24) is 0 Å². The van der Waals surface area contributed by atoms with Gasteiger partial charge in [-0.3, -0.25) is 4.79 Å². The summed E-state index contributed by atoms with van der Waals surface area (Å²) < 4.78 is 0.930. The fraction of sp³-hybridized carbons (Fsp3) is 0.133. The zero-order valence-electron chi connectivity index (χ0n) is 10.8. The molecule has 0 aliphatic rings. The molecule has 2 rings (SSSR count). The molecular weight excluding hydrogens is 304 g/mol. The Bertz CT molecular complexity index is 618. The number of hydrogen-bond donors (Lipinski definition) is 2. The predicted molar refractivity (Wildman–Crippen MR) is 82.4 cm³/mol. The van der Waals surface area contributed by atoms with E-state index in [1.54, 1.807) is 12.1 Å². The van der Waals surface area contributed by atoms with E-state index in [2.05, 4.69) is 21.2 Å². The van der Waals surface area contributed by atoms with Crippen molar-refractivity contribution in [1.29, 1.82) is 0 Å². The highest BCUT2D eigenvalue weighted by Crippen LogP contribution is 2.21. The molecule has 0 aliphatic carbocycles. The summed E-state index contributed by atoms with van der Waals surface area (Å²) in [4.78, 5) is 12.2. The monoisotopic (exact) mass is 318 g/mol. The first-order valence-corrected chi connectivity index (χ1v) is 6.69. The van der Waals surface area contributed by atoms with Crippen molar-refractivity contribution in [2.45, 2.75) is 13.8 Å². The van der Waals surface area contributed by atoms with Crippen molar-refractivity contribution in [2.75, 3.05) is 11.1 Å². The van der Waals surface area contributed by atoms with Gasteiger partial charge in [-0.25, -0.2) is 0 Å². The van der Waals surface area contributed by atoms with Crippen LogP contribution in [0.4, 0.5) is 11.4 Å². The Balaban J connectivity index is 2.25. The Hall–Kier alpha value is -1.81. The highest BCUT2D eigenvalue weighted by atomic mass is 79.9. The summed E-state index contributed by atoms with van der Waals surface area (Å²) in [6, 6.07) is 11.2. The fourth-order valence-corrected chi connectivity index (χ4v) is 2.50. The van der Waals surface area contributed by atoms with Crippen LogP contribution in [0.5, 0.6) is 0 Å². The minimum absolute atomic E-state index is 0.199. The van der Waals surface area contributed by atoms with E-state index in [0.717, 1.165) is 21.3 Å². The Labute approximate surface area is 121 Å². The first-order valence-electron chi connectivity index (χ1n) is 5.90. The van der Waals surface area contributed by atoms with Gasteiger partial charge in [0.1, 0.15) is 0 Å². The van der Waals surface area contributed by atoms with E-state index in [-0.39, 0.29) is 5.91 Å². The maximum atomic E-state index is 12.2. The molecule has 0 aliphatic heterocycles. The Morgan fingerprint density at radius 3 is 2.47 bits per heavy atom. The van der Waals surface area contributed by atoms with Gasteiger partial charge in [0, 0.05) is 15.8 Å². The normalized spacial score (nSPS) is 10.3. The van der Waals surface area contributed by atoms with Gasteiger partial charge < -0.3 is 11.1 Å². The van der Waals surface area contributed by atoms with Crippen LogP contribution in [0, 0.1) is 13.8 Å². The SMILES string of the molecule is Cc1cc(Br)cc(NC(=O)c2ccc(C)cc2N)c1. The number of anilines is 2. The number of carbonyl (C=O) groups is 1. The van der Waals surface area contributed by atoms with Gasteiger partial charge in [0.05, 0.1) is 5.56 Å². The highest BCUT2D eigenvalue weighted by Gasteiger charge is 2.10. The second-order valence-electron chi connectivity index (χ2n) is 4.56. The molecule has 3 N–H and O–H groups in total. The van der Waals surface area contributed by atoms with Gasteiger partial charge in [-0.2, -0.15) is 0 Å². The van der Waals surface area contributed by atoms with Crippen LogP contribution in [0.15, 0.2) is 40.9 Å². The highest BCUT2D eigenvalue weighted by molar-refractivity contribution is 9.10. The number of rotatable bonds is 2. The van der Waals surface area contributed by atoms with Crippen molar-refractivity contribution in [3.63, 3.8) is 0 Å². The zero-order chi connectivity index (χ0) is 14.0. The molecule has 2 aromatic carbocycles. The van der Waals surface area contributed by atoms with Crippen molar-refractivity contribution in [3.8, 4) is 0 Å². The lowest BCUT2D eigenvalue weighted by molar-refractivity contribution is 0.102. The molecule has 4 heteroatoms. The third kappa shape index (κ3) is 3.35. The van der Waals surface area contributed by atoms with Crippen molar-refractivity contribution >= 4 is 33.2 Å². The van der Waals surface area contributed by atoms with Crippen molar-refractivity contribution in [3.05, 3.63) is 57.6 Å². The maximum absolute atomic E-state index is 12.2. The van der Waals surface area contributed by atoms with E-state index in [1.807, 2.05) is 38.1 Å². The van der Waals surface area contributed by atoms with Crippen LogP contribution in [0.2, 0.25) is 0 Å². The molecule has 0 atom stereocenters. The molecule has 0 saturated carbocycles. The van der Waals surface area contributed by atoms with E-state index in [4.69, 9.17) is 5.73 Å². The van der Waals surface area contributed by atoms with Crippen LogP contribution in [-0.2, 0) is 0 Å². The number of amides is 1. The molecule has 3 nitrogen and oxygen atoms in total. The van der Waals surface area contributed by atoms with Crippen LogP contribution < -0.4 is 11.1 Å². The molecule has 19 heavy (non-hydrogen) atoms. The summed E-state index contributed by atoms with van der Waals surface area (Å²) in [6.45, 7) is 3.91. The minimum Gasteiger partial charge on any atom is -0.398 e. The van der Waals surface area contributed by atoms with E-state index >= 15 is 0 Å². The number of hydrogen-bond acceptors (Lipinski definition) is 2. The predicted octanol–water partition coefficient (Wildman–Crippen LogP) is 3.90. The number of aryl methyl sites for hydroxylation is 2. The zero-order valence-corrected chi connectivity index (χ0v) is 12.4. The van der Waals surface area contributed by atoms with Gasteiger partial charge >= 0.3 is 0 Å². The van der Waals surface area contributed by atoms with Gasteiger partial charge in [0.25, 0.3) is 5.91 Å². The summed E-state index contributed by atoms with van der Waals surface area (Å²) >= 11 is 3.41. The summed E-state index contributed by atoms with van der Waals surface area (Å²) in [5.74, 6) is -0.199. The number of nitrogens with two attached hydrogens (primary N) is 1. The molecule has 98 valence electrons. The molecule has 0 unspecified atom stereocenters. The van der Waals surface area contributed by atoms with Crippen LogP contribution in [-0.4, -0.2) is 5.91 Å². The lowest BCUT2D eigenvalue weighted by Gasteiger charge is -2.09.